The minimum atomic E-state index is -0.331. The van der Waals surface area contributed by atoms with Gasteiger partial charge in [-0.2, -0.15) is 0 Å². The largest absolute Gasteiger partial charge is 0.308 e. The predicted octanol–water partition coefficient (Wildman–Crippen LogP) is 4.07. The predicted molar refractivity (Wildman–Crippen MR) is 77.8 cm³/mol. The van der Waals surface area contributed by atoms with Gasteiger partial charge in [-0.25, -0.2) is 4.39 Å². The third-order valence-corrected chi connectivity index (χ3v) is 3.84. The Hall–Kier alpha value is -1.87. The van der Waals surface area contributed by atoms with Gasteiger partial charge in [-0.3, -0.25) is 4.79 Å². The molecule has 0 spiro atoms. The maximum absolute atomic E-state index is 13.4. The second-order valence-corrected chi connectivity index (χ2v) is 5.22. The Morgan fingerprint density at radius 3 is 2.80 bits per heavy atom. The van der Waals surface area contributed by atoms with Crippen molar-refractivity contribution in [2.45, 2.75) is 12.8 Å². The van der Waals surface area contributed by atoms with Crippen LogP contribution in [0.2, 0.25) is 5.02 Å². The van der Waals surface area contributed by atoms with E-state index in [1.165, 1.54) is 12.1 Å². The number of aryl methyl sites for hydroxylation is 1. The lowest BCUT2D eigenvalue weighted by molar-refractivity contribution is 0.0985. The van der Waals surface area contributed by atoms with E-state index in [0.29, 0.717) is 22.8 Å². The number of halogens is 2. The monoisotopic (exact) mass is 289 g/mol. The molecule has 2 nitrogen and oxygen atoms in total. The molecule has 1 heterocycles. The van der Waals surface area contributed by atoms with Gasteiger partial charge < -0.3 is 4.90 Å². The standard InChI is InChI=1S/C16H13ClFNO/c17-14-6-2-1-5-13(14)16(20)19-9-3-4-11-7-8-12(18)10-15(11)19/h1-2,5-8,10H,3-4,9H2. The van der Waals surface area contributed by atoms with Crippen molar-refractivity contribution in [2.75, 3.05) is 11.4 Å². The summed E-state index contributed by atoms with van der Waals surface area (Å²) >= 11 is 6.08. The summed E-state index contributed by atoms with van der Waals surface area (Å²) in [7, 11) is 0. The van der Waals surface area contributed by atoms with E-state index in [2.05, 4.69) is 0 Å². The Morgan fingerprint density at radius 1 is 1.20 bits per heavy atom. The van der Waals surface area contributed by atoms with Gasteiger partial charge in [0.15, 0.2) is 0 Å². The summed E-state index contributed by atoms with van der Waals surface area (Å²) in [5.74, 6) is -0.509. The van der Waals surface area contributed by atoms with E-state index >= 15 is 0 Å². The Kier molecular flexibility index (Phi) is 3.45. The summed E-state index contributed by atoms with van der Waals surface area (Å²) in [6, 6.07) is 11.5. The number of anilines is 1. The first kappa shape index (κ1) is 13.1. The number of rotatable bonds is 1. The molecule has 0 saturated heterocycles. The summed E-state index contributed by atoms with van der Waals surface area (Å²) in [5, 5.41) is 0.418. The number of carbonyl (C=O) groups excluding carboxylic acids is 1. The summed E-state index contributed by atoms with van der Waals surface area (Å²) in [6.07, 6.45) is 1.73. The van der Waals surface area contributed by atoms with Gasteiger partial charge in [0.2, 0.25) is 0 Å². The third kappa shape index (κ3) is 2.29. The Labute approximate surface area is 121 Å². The highest BCUT2D eigenvalue weighted by Crippen LogP contribution is 2.30. The molecule has 1 amide bonds. The number of hydrogen-bond acceptors (Lipinski definition) is 1. The van der Waals surface area contributed by atoms with Crippen LogP contribution in [0, 0.1) is 5.82 Å². The molecule has 4 heteroatoms. The maximum Gasteiger partial charge on any atom is 0.259 e. The van der Waals surface area contributed by atoms with Gasteiger partial charge in [-0.1, -0.05) is 29.8 Å². The molecule has 0 saturated carbocycles. The first-order chi connectivity index (χ1) is 9.66. The highest BCUT2D eigenvalue weighted by molar-refractivity contribution is 6.34. The molecule has 0 atom stereocenters. The lowest BCUT2D eigenvalue weighted by Gasteiger charge is -2.29. The van der Waals surface area contributed by atoms with E-state index in [0.717, 1.165) is 18.4 Å². The number of amides is 1. The molecule has 0 fully saturated rings. The van der Waals surface area contributed by atoms with Crippen LogP contribution < -0.4 is 4.90 Å². The smallest absolute Gasteiger partial charge is 0.259 e. The summed E-state index contributed by atoms with van der Waals surface area (Å²) < 4.78 is 13.4. The fourth-order valence-corrected chi connectivity index (χ4v) is 2.76. The molecule has 0 N–H and O–H groups in total. The van der Waals surface area contributed by atoms with E-state index in [4.69, 9.17) is 11.6 Å². The van der Waals surface area contributed by atoms with Crippen molar-refractivity contribution in [2.24, 2.45) is 0 Å². The van der Waals surface area contributed by atoms with Crippen molar-refractivity contribution in [3.63, 3.8) is 0 Å². The average molecular weight is 290 g/mol. The molecule has 2 aromatic rings. The van der Waals surface area contributed by atoms with E-state index in [-0.39, 0.29) is 11.7 Å². The highest BCUT2D eigenvalue weighted by atomic mass is 35.5. The van der Waals surface area contributed by atoms with Gasteiger partial charge in [0.25, 0.3) is 5.91 Å². The molecule has 0 radical (unpaired) electrons. The minimum absolute atomic E-state index is 0.179. The summed E-state index contributed by atoms with van der Waals surface area (Å²) in [6.45, 7) is 0.584. The number of carbonyl (C=O) groups is 1. The molecular weight excluding hydrogens is 277 g/mol. The number of nitrogens with zero attached hydrogens (tertiary/aromatic N) is 1. The normalized spacial score (nSPS) is 14.0. The van der Waals surface area contributed by atoms with Crippen LogP contribution >= 0.6 is 11.6 Å². The van der Waals surface area contributed by atoms with Crippen molar-refractivity contribution in [1.82, 2.24) is 0 Å². The van der Waals surface area contributed by atoms with Crippen molar-refractivity contribution in [3.8, 4) is 0 Å². The van der Waals surface area contributed by atoms with Crippen LogP contribution in [-0.2, 0) is 6.42 Å². The molecule has 3 rings (SSSR count). The van der Waals surface area contributed by atoms with Gasteiger partial charge >= 0.3 is 0 Å². The molecule has 102 valence electrons. The Bertz CT molecular complexity index is 671. The molecular formula is C16H13ClFNO. The van der Waals surface area contributed by atoms with Crippen molar-refractivity contribution >= 4 is 23.2 Å². The van der Waals surface area contributed by atoms with E-state index < -0.39 is 0 Å². The summed E-state index contributed by atoms with van der Waals surface area (Å²) in [4.78, 5) is 14.2. The SMILES string of the molecule is O=C(c1ccccc1Cl)N1CCCc2ccc(F)cc21. The molecule has 0 bridgehead atoms. The molecule has 0 aromatic heterocycles. The van der Waals surface area contributed by atoms with Crippen LogP contribution in [0.1, 0.15) is 22.3 Å². The maximum atomic E-state index is 13.4. The quantitative estimate of drug-likeness (QED) is 0.775. The Morgan fingerprint density at radius 2 is 2.00 bits per heavy atom. The third-order valence-electron chi connectivity index (χ3n) is 3.52. The van der Waals surface area contributed by atoms with E-state index in [9.17, 15) is 9.18 Å². The van der Waals surface area contributed by atoms with Crippen LogP contribution in [0.15, 0.2) is 42.5 Å². The first-order valence-electron chi connectivity index (χ1n) is 6.51. The zero-order chi connectivity index (χ0) is 14.1. The second-order valence-electron chi connectivity index (χ2n) is 4.81. The summed E-state index contributed by atoms with van der Waals surface area (Å²) in [5.41, 5.74) is 2.10. The van der Waals surface area contributed by atoms with Crippen LogP contribution in [0.3, 0.4) is 0 Å². The van der Waals surface area contributed by atoms with Crippen molar-refractivity contribution < 1.29 is 9.18 Å². The molecule has 2 aromatic carbocycles. The number of hydrogen-bond donors (Lipinski definition) is 0. The van der Waals surface area contributed by atoms with Gasteiger partial charge in [0.05, 0.1) is 16.3 Å². The van der Waals surface area contributed by atoms with Gasteiger partial charge in [-0.05, 0) is 42.7 Å². The van der Waals surface area contributed by atoms with Gasteiger partial charge in [-0.15, -0.1) is 0 Å². The number of benzene rings is 2. The van der Waals surface area contributed by atoms with E-state index in [1.54, 1.807) is 35.2 Å². The second kappa shape index (κ2) is 5.25. The van der Waals surface area contributed by atoms with Crippen molar-refractivity contribution in [1.29, 1.82) is 0 Å². The molecule has 1 aliphatic rings. The topological polar surface area (TPSA) is 20.3 Å². The zero-order valence-electron chi connectivity index (χ0n) is 10.8. The molecule has 0 aliphatic carbocycles. The molecule has 0 unspecified atom stereocenters. The fraction of sp³-hybridized carbons (Fsp3) is 0.188. The average Bonchev–Trinajstić information content (AvgIpc) is 2.46. The zero-order valence-corrected chi connectivity index (χ0v) is 11.5. The molecule has 20 heavy (non-hydrogen) atoms. The van der Waals surface area contributed by atoms with Crippen LogP contribution in [-0.4, -0.2) is 12.5 Å². The highest BCUT2D eigenvalue weighted by Gasteiger charge is 2.25. The minimum Gasteiger partial charge on any atom is -0.308 e. The lowest BCUT2D eigenvalue weighted by atomic mass is 10.0. The van der Waals surface area contributed by atoms with Gasteiger partial charge in [0, 0.05) is 6.54 Å². The van der Waals surface area contributed by atoms with Crippen LogP contribution in [0.25, 0.3) is 0 Å². The first-order valence-corrected chi connectivity index (χ1v) is 6.89. The van der Waals surface area contributed by atoms with Crippen LogP contribution in [0.4, 0.5) is 10.1 Å². The van der Waals surface area contributed by atoms with Crippen LogP contribution in [0.5, 0.6) is 0 Å². The van der Waals surface area contributed by atoms with Gasteiger partial charge in [0.1, 0.15) is 5.82 Å². The van der Waals surface area contributed by atoms with Crippen molar-refractivity contribution in [3.05, 3.63) is 64.4 Å². The molecule has 1 aliphatic heterocycles. The fourth-order valence-electron chi connectivity index (χ4n) is 2.54. The number of fused-ring (bicyclic) bond motifs is 1. The van der Waals surface area contributed by atoms with E-state index in [1.807, 2.05) is 0 Å². The Balaban J connectivity index is 2.03. The lowest BCUT2D eigenvalue weighted by Crippen LogP contribution is -2.35.